The summed E-state index contributed by atoms with van der Waals surface area (Å²) in [5, 5.41) is 0. The Morgan fingerprint density at radius 3 is 1.50 bits per heavy atom. The second-order valence-electron chi connectivity index (χ2n) is 2.69. The van der Waals surface area contributed by atoms with Gasteiger partial charge in [-0.25, -0.2) is 13.2 Å². The predicted molar refractivity (Wildman–Crippen MR) is 43.5 cm³/mol. The van der Waals surface area contributed by atoms with E-state index >= 15 is 0 Å². The van der Waals surface area contributed by atoms with Crippen LogP contribution in [0.4, 0.5) is 13.2 Å². The van der Waals surface area contributed by atoms with Crippen molar-refractivity contribution >= 4 is 0 Å². The molecule has 0 N–H and O–H groups in total. The van der Waals surface area contributed by atoms with Gasteiger partial charge in [0.25, 0.3) is 0 Å². The van der Waals surface area contributed by atoms with Gasteiger partial charge < -0.3 is 0 Å². The number of halogens is 3. The maximum atomic E-state index is 12.8. The fourth-order valence-corrected chi connectivity index (χ4v) is 0.832. The molecule has 0 radical (unpaired) electrons. The third-order valence-electron chi connectivity index (χ3n) is 1.34. The quantitative estimate of drug-likeness (QED) is 0.573. The second kappa shape index (κ2) is 4.14. The first-order chi connectivity index (χ1) is 5.37. The van der Waals surface area contributed by atoms with E-state index < -0.39 is 23.4 Å². The molecule has 12 heavy (non-hydrogen) atoms. The molecule has 0 saturated carbocycles. The zero-order valence-electron chi connectivity index (χ0n) is 7.13. The van der Waals surface area contributed by atoms with Crippen LogP contribution < -0.4 is 0 Å². The lowest BCUT2D eigenvalue weighted by Crippen LogP contribution is -1.97. The molecule has 0 atom stereocenters. The van der Waals surface area contributed by atoms with E-state index in [9.17, 15) is 13.2 Å². The smallest absolute Gasteiger partial charge is 0.164 e. The summed E-state index contributed by atoms with van der Waals surface area (Å²) in [7, 11) is 0. The molecule has 0 spiro atoms. The summed E-state index contributed by atoms with van der Waals surface area (Å²) < 4.78 is 37.6. The Morgan fingerprint density at radius 1 is 1.00 bits per heavy atom. The van der Waals surface area contributed by atoms with Crippen molar-refractivity contribution in [1.29, 1.82) is 0 Å². The topological polar surface area (TPSA) is 0 Å². The van der Waals surface area contributed by atoms with Crippen LogP contribution in [0.25, 0.3) is 0 Å². The zero-order chi connectivity index (χ0) is 9.89. The van der Waals surface area contributed by atoms with Gasteiger partial charge in [-0.15, -0.1) is 0 Å². The van der Waals surface area contributed by atoms with Crippen molar-refractivity contribution in [3.63, 3.8) is 0 Å². The Labute approximate surface area is 70.1 Å². The molecule has 0 fully saturated rings. The summed E-state index contributed by atoms with van der Waals surface area (Å²) >= 11 is 0. The maximum Gasteiger partial charge on any atom is 0.164 e. The van der Waals surface area contributed by atoms with Crippen LogP contribution in [0.1, 0.15) is 13.8 Å². The van der Waals surface area contributed by atoms with Gasteiger partial charge in [-0.1, -0.05) is 27.0 Å². The average molecular weight is 176 g/mol. The normalized spacial score (nSPS) is 12.8. The van der Waals surface area contributed by atoms with Crippen molar-refractivity contribution in [1.82, 2.24) is 0 Å². The molecule has 0 aliphatic carbocycles. The number of rotatable bonds is 3. The van der Waals surface area contributed by atoms with Crippen LogP contribution in [0.2, 0.25) is 0 Å². The van der Waals surface area contributed by atoms with Gasteiger partial charge in [-0.3, -0.25) is 0 Å². The van der Waals surface area contributed by atoms with Crippen LogP contribution >= 0.6 is 0 Å². The third kappa shape index (κ3) is 2.57. The molecule has 0 bridgehead atoms. The van der Waals surface area contributed by atoms with Gasteiger partial charge in [0.2, 0.25) is 0 Å². The molecule has 0 aliphatic heterocycles. The molecule has 0 aromatic carbocycles. The standard InChI is InChI=1S/C9H11F3/c1-5(2)8(6(3)10)9(12)7(4)11/h5H,3-4H2,1-2H3/b9-8+. The van der Waals surface area contributed by atoms with Crippen molar-refractivity contribution in [3.05, 3.63) is 36.2 Å². The summed E-state index contributed by atoms with van der Waals surface area (Å²) in [4.78, 5) is 0. The van der Waals surface area contributed by atoms with Crippen LogP contribution in [0.15, 0.2) is 36.2 Å². The maximum absolute atomic E-state index is 12.8. The van der Waals surface area contributed by atoms with Crippen LogP contribution in [-0.2, 0) is 0 Å². The molecule has 0 saturated heterocycles. The third-order valence-corrected chi connectivity index (χ3v) is 1.34. The highest BCUT2D eigenvalue weighted by Crippen LogP contribution is 2.27. The molecule has 68 valence electrons. The minimum absolute atomic E-state index is 0.359. The van der Waals surface area contributed by atoms with Crippen molar-refractivity contribution in [2.24, 2.45) is 5.92 Å². The average Bonchev–Trinajstić information content (AvgIpc) is 1.85. The summed E-state index contributed by atoms with van der Waals surface area (Å²) in [6, 6.07) is 0. The minimum Gasteiger partial charge on any atom is -0.207 e. The van der Waals surface area contributed by atoms with E-state index in [-0.39, 0.29) is 5.57 Å². The molecule has 0 heterocycles. The highest BCUT2D eigenvalue weighted by atomic mass is 19.2. The monoisotopic (exact) mass is 176 g/mol. The van der Waals surface area contributed by atoms with E-state index in [0.717, 1.165) is 0 Å². The Morgan fingerprint density at radius 2 is 1.42 bits per heavy atom. The van der Waals surface area contributed by atoms with Crippen LogP contribution in [0, 0.1) is 5.92 Å². The first-order valence-electron chi connectivity index (χ1n) is 3.47. The summed E-state index contributed by atoms with van der Waals surface area (Å²) in [5.41, 5.74) is -0.359. The molecular formula is C9H11F3. The fraction of sp³-hybridized carbons (Fsp3) is 0.333. The van der Waals surface area contributed by atoms with E-state index in [1.165, 1.54) is 0 Å². The van der Waals surface area contributed by atoms with Crippen molar-refractivity contribution in [3.8, 4) is 0 Å². The zero-order valence-corrected chi connectivity index (χ0v) is 7.13. The molecule has 0 rings (SSSR count). The lowest BCUT2D eigenvalue weighted by atomic mass is 10.0. The Bertz CT molecular complexity index is 236. The minimum atomic E-state index is -1.27. The first kappa shape index (κ1) is 11.0. The van der Waals surface area contributed by atoms with Crippen molar-refractivity contribution < 1.29 is 13.2 Å². The predicted octanol–water partition coefficient (Wildman–Crippen LogP) is 3.83. The van der Waals surface area contributed by atoms with Crippen molar-refractivity contribution in [2.45, 2.75) is 13.8 Å². The Hall–Kier alpha value is -0.990. The summed E-state index contributed by atoms with van der Waals surface area (Å²) in [5.74, 6) is -3.92. The Kier molecular flexibility index (Phi) is 3.80. The van der Waals surface area contributed by atoms with Crippen LogP contribution in [0.3, 0.4) is 0 Å². The van der Waals surface area contributed by atoms with Gasteiger partial charge in [0.05, 0.1) is 0 Å². The van der Waals surface area contributed by atoms with E-state index in [1.54, 1.807) is 13.8 Å². The first-order valence-corrected chi connectivity index (χ1v) is 3.47. The Balaban J connectivity index is 5.08. The number of hydrogen-bond donors (Lipinski definition) is 0. The van der Waals surface area contributed by atoms with E-state index in [4.69, 9.17) is 0 Å². The number of hydrogen-bond acceptors (Lipinski definition) is 0. The van der Waals surface area contributed by atoms with Crippen LogP contribution in [0.5, 0.6) is 0 Å². The molecule has 0 nitrogen and oxygen atoms in total. The lowest BCUT2D eigenvalue weighted by Gasteiger charge is -2.08. The number of allylic oxidation sites excluding steroid dienone is 4. The van der Waals surface area contributed by atoms with Gasteiger partial charge in [-0.05, 0) is 5.92 Å². The molecular weight excluding hydrogens is 165 g/mol. The SMILES string of the molecule is C=C(F)/C(F)=C(\C(=C)F)C(C)C. The molecule has 0 unspecified atom stereocenters. The van der Waals surface area contributed by atoms with Gasteiger partial charge in [-0.2, -0.15) is 0 Å². The van der Waals surface area contributed by atoms with E-state index in [2.05, 4.69) is 13.2 Å². The lowest BCUT2D eigenvalue weighted by molar-refractivity contribution is 0.510. The summed E-state index contributed by atoms with van der Waals surface area (Å²) in [6.07, 6.45) is 0. The van der Waals surface area contributed by atoms with Crippen molar-refractivity contribution in [2.75, 3.05) is 0 Å². The highest BCUT2D eigenvalue weighted by Gasteiger charge is 2.16. The molecule has 3 heteroatoms. The fourth-order valence-electron chi connectivity index (χ4n) is 0.832. The van der Waals surface area contributed by atoms with Gasteiger partial charge >= 0.3 is 0 Å². The molecule has 0 aliphatic rings. The van der Waals surface area contributed by atoms with E-state index in [1.807, 2.05) is 0 Å². The van der Waals surface area contributed by atoms with Crippen LogP contribution in [-0.4, -0.2) is 0 Å². The molecule has 0 aromatic rings. The van der Waals surface area contributed by atoms with Gasteiger partial charge in [0, 0.05) is 5.57 Å². The van der Waals surface area contributed by atoms with E-state index in [0.29, 0.717) is 0 Å². The highest BCUT2D eigenvalue weighted by molar-refractivity contribution is 5.34. The molecule has 0 amide bonds. The van der Waals surface area contributed by atoms with Gasteiger partial charge in [0.15, 0.2) is 11.7 Å². The summed E-state index contributed by atoms with van der Waals surface area (Å²) in [6.45, 7) is 8.73. The molecule has 0 aromatic heterocycles. The van der Waals surface area contributed by atoms with Gasteiger partial charge in [0.1, 0.15) is 5.83 Å². The second-order valence-corrected chi connectivity index (χ2v) is 2.69. The largest absolute Gasteiger partial charge is 0.207 e.